The van der Waals surface area contributed by atoms with E-state index in [-0.39, 0.29) is 0 Å². The first-order valence-corrected chi connectivity index (χ1v) is 5.85. The maximum atomic E-state index is 11.0. The van der Waals surface area contributed by atoms with Gasteiger partial charge in [0.05, 0.1) is 0 Å². The van der Waals surface area contributed by atoms with Gasteiger partial charge in [-0.25, -0.2) is 14.8 Å². The number of nitrogens with zero attached hydrogens (tertiary/aromatic N) is 2. The molecular weight excluding hydrogens is 218 g/mol. The highest BCUT2D eigenvalue weighted by Gasteiger charge is 2.28. The predicted molar refractivity (Wildman–Crippen MR) is 64.0 cm³/mol. The van der Waals surface area contributed by atoms with Crippen molar-refractivity contribution >= 4 is 11.9 Å². The lowest BCUT2D eigenvalue weighted by molar-refractivity contribution is -0.141. The number of fused-ring (bicyclic) bond motifs is 1. The molecule has 17 heavy (non-hydrogen) atoms. The van der Waals surface area contributed by atoms with Gasteiger partial charge >= 0.3 is 5.97 Å². The van der Waals surface area contributed by atoms with E-state index in [1.165, 1.54) is 12.0 Å². The first-order valence-electron chi connectivity index (χ1n) is 5.85. The van der Waals surface area contributed by atoms with Crippen molar-refractivity contribution in [2.75, 3.05) is 5.32 Å². The number of aliphatic carboxylic acids is 1. The molecule has 1 aromatic rings. The normalized spacial score (nSPS) is 15.2. The summed E-state index contributed by atoms with van der Waals surface area (Å²) < 4.78 is 0. The fourth-order valence-electron chi connectivity index (χ4n) is 1.87. The minimum absolute atomic E-state index is 0.401. The molecule has 0 spiro atoms. The molecule has 0 aromatic carbocycles. The van der Waals surface area contributed by atoms with Crippen LogP contribution in [0.25, 0.3) is 0 Å². The number of aryl methyl sites for hydroxylation is 2. The number of hydrogen-bond acceptors (Lipinski definition) is 4. The number of nitrogens with one attached hydrogen (secondary N) is 1. The van der Waals surface area contributed by atoms with Gasteiger partial charge < -0.3 is 10.4 Å². The van der Waals surface area contributed by atoms with Gasteiger partial charge in [-0.15, -0.1) is 0 Å². The Hall–Kier alpha value is -1.65. The third-order valence-electron chi connectivity index (χ3n) is 3.02. The molecule has 5 heteroatoms. The quantitative estimate of drug-likeness (QED) is 0.832. The third kappa shape index (κ3) is 2.54. The minimum atomic E-state index is -1.05. The van der Waals surface area contributed by atoms with E-state index in [9.17, 15) is 4.79 Å². The summed E-state index contributed by atoms with van der Waals surface area (Å²) in [6.45, 7) is 3.19. The first-order chi connectivity index (χ1) is 7.99. The van der Waals surface area contributed by atoms with Crippen LogP contribution in [0.4, 0.5) is 5.95 Å². The van der Waals surface area contributed by atoms with Crippen LogP contribution in [0.2, 0.25) is 0 Å². The van der Waals surface area contributed by atoms with Crippen LogP contribution in [0.5, 0.6) is 0 Å². The van der Waals surface area contributed by atoms with E-state index >= 15 is 0 Å². The van der Waals surface area contributed by atoms with Gasteiger partial charge in [-0.2, -0.15) is 0 Å². The number of carbonyl (C=O) groups is 1. The summed E-state index contributed by atoms with van der Waals surface area (Å²) in [7, 11) is 0. The molecule has 2 rings (SSSR count). The second-order valence-electron chi connectivity index (χ2n) is 4.93. The molecule has 0 radical (unpaired) electrons. The Morgan fingerprint density at radius 1 is 1.41 bits per heavy atom. The molecule has 0 atom stereocenters. The summed E-state index contributed by atoms with van der Waals surface area (Å²) >= 11 is 0. The van der Waals surface area contributed by atoms with E-state index in [0.717, 1.165) is 25.0 Å². The first kappa shape index (κ1) is 11.8. The maximum Gasteiger partial charge on any atom is 0.328 e. The zero-order chi connectivity index (χ0) is 12.5. The second kappa shape index (κ2) is 4.31. The number of hydrogen-bond donors (Lipinski definition) is 2. The van der Waals surface area contributed by atoms with Crippen molar-refractivity contribution < 1.29 is 9.90 Å². The average molecular weight is 235 g/mol. The third-order valence-corrected chi connectivity index (χ3v) is 3.02. The molecule has 0 amide bonds. The lowest BCUT2D eigenvalue weighted by Gasteiger charge is -2.22. The van der Waals surface area contributed by atoms with Crippen LogP contribution in [0.3, 0.4) is 0 Å². The molecule has 0 fully saturated rings. The maximum absolute atomic E-state index is 11.0. The molecule has 92 valence electrons. The van der Waals surface area contributed by atoms with Gasteiger partial charge in [-0.05, 0) is 45.1 Å². The van der Waals surface area contributed by atoms with Crippen LogP contribution < -0.4 is 5.32 Å². The number of carboxylic acid groups (broad SMARTS) is 1. The van der Waals surface area contributed by atoms with Crippen molar-refractivity contribution in [3.63, 3.8) is 0 Å². The van der Waals surface area contributed by atoms with E-state index < -0.39 is 11.5 Å². The van der Waals surface area contributed by atoms with Crippen molar-refractivity contribution in [2.24, 2.45) is 0 Å². The van der Waals surface area contributed by atoms with Gasteiger partial charge in [0.25, 0.3) is 0 Å². The summed E-state index contributed by atoms with van der Waals surface area (Å²) in [5.74, 6) is -0.517. The fourth-order valence-corrected chi connectivity index (χ4v) is 1.87. The van der Waals surface area contributed by atoms with Crippen LogP contribution in [0.1, 0.15) is 37.9 Å². The fraction of sp³-hybridized carbons (Fsp3) is 0.583. The van der Waals surface area contributed by atoms with Crippen LogP contribution in [0, 0.1) is 0 Å². The predicted octanol–water partition coefficient (Wildman–Crippen LogP) is 1.63. The molecule has 1 aliphatic rings. The highest BCUT2D eigenvalue weighted by molar-refractivity contribution is 5.80. The Bertz CT molecular complexity index is 443. The van der Waals surface area contributed by atoms with Crippen molar-refractivity contribution in [2.45, 2.75) is 45.1 Å². The van der Waals surface area contributed by atoms with Crippen molar-refractivity contribution in [3.8, 4) is 0 Å². The second-order valence-corrected chi connectivity index (χ2v) is 4.93. The monoisotopic (exact) mass is 235 g/mol. The molecule has 5 nitrogen and oxygen atoms in total. The van der Waals surface area contributed by atoms with Crippen molar-refractivity contribution in [1.82, 2.24) is 9.97 Å². The number of aromatic nitrogens is 2. The standard InChI is InChI=1S/C12H17N3O2/c1-12(2,10(16)17)15-11-13-7-8-5-3-4-6-9(8)14-11/h7H,3-6H2,1-2H3,(H,16,17)(H,13,14,15). The average Bonchev–Trinajstić information content (AvgIpc) is 2.28. The highest BCUT2D eigenvalue weighted by Crippen LogP contribution is 2.20. The molecule has 1 aliphatic carbocycles. The Morgan fingerprint density at radius 3 is 2.82 bits per heavy atom. The number of anilines is 1. The Balaban J connectivity index is 2.20. The molecule has 2 N–H and O–H groups in total. The summed E-state index contributed by atoms with van der Waals surface area (Å²) in [6, 6.07) is 0. The summed E-state index contributed by atoms with van der Waals surface area (Å²) in [4.78, 5) is 19.6. The Labute approximate surface area is 100 Å². The summed E-state index contributed by atoms with van der Waals surface area (Å²) in [6.07, 6.45) is 6.12. The molecule has 0 bridgehead atoms. The molecule has 0 saturated carbocycles. The highest BCUT2D eigenvalue weighted by atomic mass is 16.4. The zero-order valence-electron chi connectivity index (χ0n) is 10.2. The van der Waals surface area contributed by atoms with E-state index in [2.05, 4.69) is 15.3 Å². The SMILES string of the molecule is CC(C)(Nc1ncc2c(n1)CCCC2)C(=O)O. The Morgan fingerprint density at radius 2 is 2.12 bits per heavy atom. The molecule has 0 aliphatic heterocycles. The van der Waals surface area contributed by atoms with Gasteiger partial charge in [-0.3, -0.25) is 0 Å². The lowest BCUT2D eigenvalue weighted by Crippen LogP contribution is -2.40. The molecule has 0 unspecified atom stereocenters. The van der Waals surface area contributed by atoms with E-state index in [0.29, 0.717) is 5.95 Å². The minimum Gasteiger partial charge on any atom is -0.480 e. The van der Waals surface area contributed by atoms with Crippen molar-refractivity contribution in [1.29, 1.82) is 0 Å². The van der Waals surface area contributed by atoms with Gasteiger partial charge in [0.15, 0.2) is 0 Å². The molecule has 1 aromatic heterocycles. The van der Waals surface area contributed by atoms with Gasteiger partial charge in [0.2, 0.25) is 5.95 Å². The molecule has 1 heterocycles. The van der Waals surface area contributed by atoms with Gasteiger partial charge in [-0.1, -0.05) is 0 Å². The largest absolute Gasteiger partial charge is 0.480 e. The van der Waals surface area contributed by atoms with E-state index in [1.807, 2.05) is 6.20 Å². The molecule has 0 saturated heterocycles. The summed E-state index contributed by atoms with van der Waals surface area (Å²) in [5, 5.41) is 11.9. The lowest BCUT2D eigenvalue weighted by atomic mass is 9.98. The number of carboxylic acids is 1. The van der Waals surface area contributed by atoms with Crippen LogP contribution in [-0.2, 0) is 17.6 Å². The smallest absolute Gasteiger partial charge is 0.328 e. The van der Waals surface area contributed by atoms with Gasteiger partial charge in [0.1, 0.15) is 5.54 Å². The van der Waals surface area contributed by atoms with Crippen LogP contribution in [0.15, 0.2) is 6.20 Å². The van der Waals surface area contributed by atoms with Crippen LogP contribution in [-0.4, -0.2) is 26.6 Å². The van der Waals surface area contributed by atoms with Crippen molar-refractivity contribution in [3.05, 3.63) is 17.5 Å². The van der Waals surface area contributed by atoms with Crippen LogP contribution >= 0.6 is 0 Å². The van der Waals surface area contributed by atoms with E-state index in [4.69, 9.17) is 5.11 Å². The molecular formula is C12H17N3O2. The summed E-state index contributed by atoms with van der Waals surface area (Å²) in [5.41, 5.74) is 1.19. The topological polar surface area (TPSA) is 75.1 Å². The van der Waals surface area contributed by atoms with Gasteiger partial charge in [0, 0.05) is 11.9 Å². The Kier molecular flexibility index (Phi) is 3.00. The van der Waals surface area contributed by atoms with E-state index in [1.54, 1.807) is 13.8 Å². The zero-order valence-corrected chi connectivity index (χ0v) is 10.2. The number of rotatable bonds is 3.